The number of rotatable bonds is 45. The predicted octanol–water partition coefficient (Wildman–Crippen LogP) is 13.2. The van der Waals surface area contributed by atoms with E-state index in [-0.39, 0.29) is 42.7 Å². The van der Waals surface area contributed by atoms with E-state index < -0.39 is 18.1 Å². The van der Waals surface area contributed by atoms with Crippen molar-refractivity contribution < 1.29 is 38.2 Å². The molecule has 0 rings (SSSR count). The summed E-state index contributed by atoms with van der Waals surface area (Å²) >= 11 is 0. The predicted molar refractivity (Wildman–Crippen MR) is 259 cm³/mol. The molecule has 0 aromatic carbocycles. The largest absolute Gasteiger partial charge is 0.544 e. The molecule has 0 aliphatic heterocycles. The highest BCUT2D eigenvalue weighted by molar-refractivity contribution is 5.70. The van der Waals surface area contributed by atoms with Gasteiger partial charge in [-0.25, -0.2) is 0 Å². The summed E-state index contributed by atoms with van der Waals surface area (Å²) in [6.07, 6.45) is 55.3. The van der Waals surface area contributed by atoms with Crippen molar-refractivity contribution in [3.63, 3.8) is 0 Å². The van der Waals surface area contributed by atoms with Crippen LogP contribution < -0.4 is 5.11 Å². The van der Waals surface area contributed by atoms with Gasteiger partial charge in [-0.15, -0.1) is 0 Å². The number of carboxylic acids is 1. The van der Waals surface area contributed by atoms with Crippen LogP contribution in [0, 0.1) is 0 Å². The van der Waals surface area contributed by atoms with Gasteiger partial charge in [0.1, 0.15) is 12.6 Å². The Labute approximate surface area is 381 Å². The van der Waals surface area contributed by atoms with E-state index >= 15 is 0 Å². The van der Waals surface area contributed by atoms with E-state index in [0.29, 0.717) is 12.8 Å². The van der Waals surface area contributed by atoms with E-state index in [1.54, 1.807) is 21.1 Å². The number of carbonyl (C=O) groups excluding carboxylic acids is 3. The third kappa shape index (κ3) is 42.3. The van der Waals surface area contributed by atoms with Gasteiger partial charge in [-0.05, 0) is 77.0 Å². The summed E-state index contributed by atoms with van der Waals surface area (Å²) in [6, 6.07) is -0.733. The third-order valence-corrected chi connectivity index (χ3v) is 11.2. The maximum absolute atomic E-state index is 12.8. The number of aliphatic carboxylic acids is 1. The standard InChI is InChI=1S/C54H95NO7/c1-6-8-10-12-14-16-18-20-22-24-25-26-27-28-29-31-33-35-37-39-41-43-45-53(57)62-50(48-60-47-46-51(54(58)59)55(3,4)5)49-61-52(56)44-42-40-38-36-34-32-30-23-21-19-17-15-13-11-9-7-2/h14,16,20,22-23,25-26,30,32,34,50-51H,6-13,15,17-19,21,24,27-29,31,33,35-49H2,1-5H3/b16-14+,22-20+,26-25+,30-23+,34-32+. The van der Waals surface area contributed by atoms with E-state index in [4.69, 9.17) is 14.2 Å². The molecule has 0 N–H and O–H groups in total. The first-order valence-corrected chi connectivity index (χ1v) is 25.3. The Morgan fingerprint density at radius 1 is 0.500 bits per heavy atom. The average Bonchev–Trinajstić information content (AvgIpc) is 3.23. The van der Waals surface area contributed by atoms with Gasteiger partial charge in [-0.2, -0.15) is 0 Å². The lowest BCUT2D eigenvalue weighted by Crippen LogP contribution is -2.55. The number of nitrogens with zero attached hydrogens (tertiary/aromatic N) is 1. The highest BCUT2D eigenvalue weighted by Gasteiger charge is 2.25. The van der Waals surface area contributed by atoms with Gasteiger partial charge < -0.3 is 28.6 Å². The summed E-state index contributed by atoms with van der Waals surface area (Å²) in [5, 5.41) is 11.7. The van der Waals surface area contributed by atoms with Crippen LogP contribution in [0.25, 0.3) is 0 Å². The third-order valence-electron chi connectivity index (χ3n) is 11.2. The molecule has 0 aliphatic rings. The minimum atomic E-state index is -1.13. The molecule has 358 valence electrons. The van der Waals surface area contributed by atoms with E-state index in [1.165, 1.54) is 109 Å². The van der Waals surface area contributed by atoms with Crippen molar-refractivity contribution >= 4 is 17.9 Å². The highest BCUT2D eigenvalue weighted by atomic mass is 16.6. The molecule has 0 fully saturated rings. The van der Waals surface area contributed by atoms with Gasteiger partial charge in [0.05, 0.1) is 40.3 Å². The zero-order valence-electron chi connectivity index (χ0n) is 40.8. The van der Waals surface area contributed by atoms with Crippen LogP contribution in [0.15, 0.2) is 60.8 Å². The summed E-state index contributed by atoms with van der Waals surface area (Å²) in [5.41, 5.74) is 0. The molecule has 0 saturated carbocycles. The minimum Gasteiger partial charge on any atom is -0.544 e. The lowest BCUT2D eigenvalue weighted by Gasteiger charge is -2.34. The van der Waals surface area contributed by atoms with Gasteiger partial charge in [0, 0.05) is 19.3 Å². The van der Waals surface area contributed by atoms with Crippen molar-refractivity contribution in [1.29, 1.82) is 0 Å². The fraction of sp³-hybridized carbons (Fsp3) is 0.759. The number of carboxylic acid groups (broad SMARTS) is 1. The lowest BCUT2D eigenvalue weighted by molar-refractivity contribution is -0.889. The highest BCUT2D eigenvalue weighted by Crippen LogP contribution is 2.14. The molecule has 0 spiro atoms. The van der Waals surface area contributed by atoms with Crippen LogP contribution in [0.5, 0.6) is 0 Å². The van der Waals surface area contributed by atoms with Gasteiger partial charge in [0.15, 0.2) is 6.10 Å². The second kappa shape index (κ2) is 44.6. The van der Waals surface area contributed by atoms with Crippen molar-refractivity contribution in [3.05, 3.63) is 60.8 Å². The zero-order valence-corrected chi connectivity index (χ0v) is 40.8. The molecule has 2 unspecified atom stereocenters. The Kier molecular flexibility index (Phi) is 42.5. The molecular formula is C54H95NO7. The fourth-order valence-electron chi connectivity index (χ4n) is 7.19. The monoisotopic (exact) mass is 870 g/mol. The molecule has 0 aromatic heterocycles. The van der Waals surface area contributed by atoms with Crippen LogP contribution in [-0.2, 0) is 28.6 Å². The van der Waals surface area contributed by atoms with Gasteiger partial charge >= 0.3 is 11.9 Å². The number of likely N-dealkylation sites (N-methyl/N-ethyl adjacent to an activating group) is 1. The Morgan fingerprint density at radius 2 is 0.903 bits per heavy atom. The zero-order chi connectivity index (χ0) is 45.6. The molecule has 0 aliphatic carbocycles. The lowest BCUT2D eigenvalue weighted by atomic mass is 10.1. The van der Waals surface area contributed by atoms with Crippen LogP contribution in [0.1, 0.15) is 213 Å². The molecule has 0 amide bonds. The summed E-state index contributed by atoms with van der Waals surface area (Å²) in [6.45, 7) is 4.60. The van der Waals surface area contributed by atoms with Crippen molar-refractivity contribution in [2.24, 2.45) is 0 Å². The molecule has 8 nitrogen and oxygen atoms in total. The number of hydrogen-bond acceptors (Lipinski definition) is 7. The molecule has 0 radical (unpaired) electrons. The van der Waals surface area contributed by atoms with Gasteiger partial charge in [-0.1, -0.05) is 177 Å². The molecule has 8 heteroatoms. The second-order valence-electron chi connectivity index (χ2n) is 18.1. The number of esters is 2. The normalized spacial score (nSPS) is 13.4. The van der Waals surface area contributed by atoms with Crippen LogP contribution in [0.2, 0.25) is 0 Å². The first kappa shape index (κ1) is 59.0. The maximum atomic E-state index is 12.8. The molecular weight excluding hydrogens is 775 g/mol. The summed E-state index contributed by atoms with van der Waals surface area (Å²) in [4.78, 5) is 37.0. The topological polar surface area (TPSA) is 102 Å². The van der Waals surface area contributed by atoms with Crippen molar-refractivity contribution in [2.45, 2.75) is 225 Å². The molecule has 0 heterocycles. The smallest absolute Gasteiger partial charge is 0.306 e. The van der Waals surface area contributed by atoms with Crippen molar-refractivity contribution in [3.8, 4) is 0 Å². The number of quaternary nitrogens is 1. The van der Waals surface area contributed by atoms with Crippen LogP contribution >= 0.6 is 0 Å². The van der Waals surface area contributed by atoms with Gasteiger partial charge in [0.2, 0.25) is 0 Å². The Bertz CT molecular complexity index is 1200. The number of carbonyl (C=O) groups is 3. The van der Waals surface area contributed by atoms with Crippen LogP contribution in [0.4, 0.5) is 0 Å². The van der Waals surface area contributed by atoms with E-state index in [9.17, 15) is 19.5 Å². The first-order chi connectivity index (χ1) is 30.1. The van der Waals surface area contributed by atoms with E-state index in [1.807, 2.05) is 0 Å². The number of unbranched alkanes of at least 4 members (excludes halogenated alkanes) is 22. The first-order valence-electron chi connectivity index (χ1n) is 25.3. The SMILES string of the molecule is CCCCC/C=C/C/C=C/C/C=C/CCCCCCCCCCCC(=O)OC(COCCC(C(=O)[O-])[N+](C)(C)C)COC(=O)CCCCC/C=C/C=C/CCCCCCCCC. The van der Waals surface area contributed by atoms with Crippen LogP contribution in [0.3, 0.4) is 0 Å². The second-order valence-corrected chi connectivity index (χ2v) is 18.1. The Hall–Kier alpha value is -2.97. The van der Waals surface area contributed by atoms with Crippen molar-refractivity contribution in [1.82, 2.24) is 0 Å². The minimum absolute atomic E-state index is 0.0285. The molecule has 0 aromatic rings. The quantitative estimate of drug-likeness (QED) is 0.0197. The molecule has 0 saturated heterocycles. The van der Waals surface area contributed by atoms with Crippen LogP contribution in [-0.4, -0.2) is 75.5 Å². The van der Waals surface area contributed by atoms with Gasteiger partial charge in [0.25, 0.3) is 0 Å². The average molecular weight is 870 g/mol. The number of ether oxygens (including phenoxy) is 3. The van der Waals surface area contributed by atoms with Crippen molar-refractivity contribution in [2.75, 3.05) is 41.0 Å². The summed E-state index contributed by atoms with van der Waals surface area (Å²) < 4.78 is 17.2. The number of allylic oxidation sites excluding steroid dienone is 10. The maximum Gasteiger partial charge on any atom is 0.306 e. The fourth-order valence-corrected chi connectivity index (χ4v) is 7.19. The number of hydrogen-bond donors (Lipinski definition) is 0. The van der Waals surface area contributed by atoms with Gasteiger partial charge in [-0.3, -0.25) is 9.59 Å². The Balaban J connectivity index is 4.30. The summed E-state index contributed by atoms with van der Waals surface area (Å²) in [5.74, 6) is -1.77. The molecule has 2 atom stereocenters. The van der Waals surface area contributed by atoms with E-state index in [2.05, 4.69) is 74.6 Å². The van der Waals surface area contributed by atoms with E-state index in [0.717, 1.165) is 70.6 Å². The molecule has 62 heavy (non-hydrogen) atoms. The summed E-state index contributed by atoms with van der Waals surface area (Å²) in [7, 11) is 5.40. The molecule has 0 bridgehead atoms. The Morgan fingerprint density at radius 3 is 1.40 bits per heavy atom.